The molecule has 1 heterocycles. The summed E-state index contributed by atoms with van der Waals surface area (Å²) >= 11 is 0. The highest BCUT2D eigenvalue weighted by molar-refractivity contribution is 6.15. The quantitative estimate of drug-likeness (QED) is 0.311. The number of aryl methyl sites for hydroxylation is 1. The van der Waals surface area contributed by atoms with Crippen LogP contribution >= 0.6 is 0 Å². The lowest BCUT2D eigenvalue weighted by molar-refractivity contribution is -0.137. The molecule has 2 aromatic carbocycles. The second-order valence-electron chi connectivity index (χ2n) is 7.23. The van der Waals surface area contributed by atoms with Crippen LogP contribution in [-0.2, 0) is 20.8 Å². The molecule has 0 aromatic heterocycles. The first kappa shape index (κ1) is 22.7. The molecule has 1 aliphatic rings. The molecule has 0 unspecified atom stereocenters. The van der Waals surface area contributed by atoms with Crippen molar-refractivity contribution in [1.82, 2.24) is 4.90 Å². The summed E-state index contributed by atoms with van der Waals surface area (Å²) in [7, 11) is 0. The Labute approximate surface area is 181 Å². The zero-order chi connectivity index (χ0) is 22.2. The van der Waals surface area contributed by atoms with E-state index in [0.717, 1.165) is 24.2 Å². The lowest BCUT2D eigenvalue weighted by Crippen LogP contribution is -2.35. The van der Waals surface area contributed by atoms with Crippen molar-refractivity contribution in [3.63, 3.8) is 0 Å². The Morgan fingerprint density at radius 3 is 2.71 bits per heavy atom. The molecule has 164 valence electrons. The van der Waals surface area contributed by atoms with Gasteiger partial charge >= 0.3 is 5.97 Å². The average Bonchev–Trinajstić information content (AvgIpc) is 2.77. The number of hydrogen-bond acceptors (Lipinski definition) is 6. The van der Waals surface area contributed by atoms with Crippen LogP contribution in [0.2, 0.25) is 0 Å². The molecule has 0 aliphatic carbocycles. The highest BCUT2D eigenvalue weighted by Crippen LogP contribution is 2.24. The molecule has 0 saturated carbocycles. The number of carbonyl (C=O) groups is 1. The molecule has 0 bridgehead atoms. The number of nitrogens with zero attached hydrogens (tertiary/aromatic N) is 2. The Morgan fingerprint density at radius 2 is 2.00 bits per heavy atom. The number of ether oxygens (including phenoxy) is 2. The van der Waals surface area contributed by atoms with Crippen molar-refractivity contribution in [1.29, 1.82) is 0 Å². The van der Waals surface area contributed by atoms with Crippen LogP contribution in [0.15, 0.2) is 53.0 Å². The SMILES string of the molecule is CCOC(=O)C(C=Nc1ccccc1C)=C(O)c1cc(CN2CCOCC2)ccc1F. The first-order valence-electron chi connectivity index (χ1n) is 10.3. The van der Waals surface area contributed by atoms with E-state index in [9.17, 15) is 14.3 Å². The number of aliphatic hydroxyl groups excluding tert-OH is 1. The lowest BCUT2D eigenvalue weighted by Gasteiger charge is -2.26. The van der Waals surface area contributed by atoms with Crippen molar-refractivity contribution in [3.05, 3.63) is 70.5 Å². The predicted octanol–water partition coefficient (Wildman–Crippen LogP) is 4.20. The Morgan fingerprint density at radius 1 is 1.26 bits per heavy atom. The Balaban J connectivity index is 1.96. The second kappa shape index (κ2) is 10.8. The first-order chi connectivity index (χ1) is 15.0. The van der Waals surface area contributed by atoms with E-state index in [4.69, 9.17) is 9.47 Å². The van der Waals surface area contributed by atoms with Gasteiger partial charge < -0.3 is 14.6 Å². The maximum absolute atomic E-state index is 14.6. The fourth-order valence-corrected chi connectivity index (χ4v) is 3.28. The van der Waals surface area contributed by atoms with Crippen molar-refractivity contribution in [2.75, 3.05) is 32.9 Å². The van der Waals surface area contributed by atoms with Crippen molar-refractivity contribution in [2.45, 2.75) is 20.4 Å². The van der Waals surface area contributed by atoms with Crippen LogP contribution in [0.4, 0.5) is 10.1 Å². The molecule has 0 spiro atoms. The molecule has 3 rings (SSSR count). The standard InChI is InChI=1S/C24H27FN2O4/c1-3-31-24(29)20(15-26-22-7-5-4-6-17(22)2)23(28)19-14-18(8-9-21(19)25)16-27-10-12-30-13-11-27/h4-9,14-15,28H,3,10-13,16H2,1-2H3. The number of hydrogen-bond donors (Lipinski definition) is 1. The number of carbonyl (C=O) groups excluding carboxylic acids is 1. The molecule has 1 aliphatic heterocycles. The van der Waals surface area contributed by atoms with Gasteiger partial charge in [-0.1, -0.05) is 24.3 Å². The largest absolute Gasteiger partial charge is 0.506 e. The van der Waals surface area contributed by atoms with Crippen LogP contribution < -0.4 is 0 Å². The molecular formula is C24H27FN2O4. The smallest absolute Gasteiger partial charge is 0.343 e. The Hall–Kier alpha value is -3.03. The van der Waals surface area contributed by atoms with Crippen molar-refractivity contribution in [3.8, 4) is 0 Å². The molecule has 7 heteroatoms. The van der Waals surface area contributed by atoms with E-state index in [0.29, 0.717) is 25.4 Å². The molecule has 31 heavy (non-hydrogen) atoms. The van der Waals surface area contributed by atoms with Gasteiger partial charge in [0, 0.05) is 25.8 Å². The summed E-state index contributed by atoms with van der Waals surface area (Å²) in [6.07, 6.45) is 1.23. The van der Waals surface area contributed by atoms with Crippen LogP contribution in [0, 0.1) is 12.7 Å². The molecule has 1 fully saturated rings. The minimum absolute atomic E-state index is 0.0648. The van der Waals surface area contributed by atoms with Gasteiger partial charge in [0.15, 0.2) is 0 Å². The molecule has 1 saturated heterocycles. The maximum atomic E-state index is 14.6. The van der Waals surface area contributed by atoms with Crippen LogP contribution in [0.5, 0.6) is 0 Å². The third-order valence-electron chi connectivity index (χ3n) is 4.99. The third-order valence-corrected chi connectivity index (χ3v) is 4.99. The van der Waals surface area contributed by atoms with Gasteiger partial charge in [0.25, 0.3) is 0 Å². The summed E-state index contributed by atoms with van der Waals surface area (Å²) in [6, 6.07) is 11.9. The summed E-state index contributed by atoms with van der Waals surface area (Å²) in [4.78, 5) is 19.0. The lowest BCUT2D eigenvalue weighted by atomic mass is 10.0. The van der Waals surface area contributed by atoms with Gasteiger partial charge in [0.1, 0.15) is 17.1 Å². The molecule has 2 aromatic rings. The van der Waals surface area contributed by atoms with E-state index >= 15 is 0 Å². The number of aliphatic hydroxyl groups is 1. The second-order valence-corrected chi connectivity index (χ2v) is 7.23. The number of halogens is 1. The molecule has 0 amide bonds. The van der Waals surface area contributed by atoms with Crippen LogP contribution in [0.3, 0.4) is 0 Å². The Kier molecular flexibility index (Phi) is 7.92. The van der Waals surface area contributed by atoms with E-state index < -0.39 is 17.5 Å². The average molecular weight is 426 g/mol. The summed E-state index contributed by atoms with van der Waals surface area (Å²) in [6.45, 7) is 7.13. The molecule has 1 N–H and O–H groups in total. The first-order valence-corrected chi connectivity index (χ1v) is 10.3. The number of aliphatic imine (C=N–C) groups is 1. The summed E-state index contributed by atoms with van der Waals surface area (Å²) in [5.41, 5.74) is 2.10. The van der Waals surface area contributed by atoms with Gasteiger partial charge in [-0.3, -0.25) is 9.89 Å². The fourth-order valence-electron chi connectivity index (χ4n) is 3.28. The fraction of sp³-hybridized carbons (Fsp3) is 0.333. The van der Waals surface area contributed by atoms with Gasteiger partial charge in [-0.25, -0.2) is 9.18 Å². The molecular weight excluding hydrogens is 399 g/mol. The normalized spacial score (nSPS) is 15.7. The summed E-state index contributed by atoms with van der Waals surface area (Å²) < 4.78 is 25.0. The Bertz CT molecular complexity index is 981. The van der Waals surface area contributed by atoms with E-state index in [1.54, 1.807) is 25.1 Å². The minimum Gasteiger partial charge on any atom is -0.506 e. The highest BCUT2D eigenvalue weighted by atomic mass is 19.1. The zero-order valence-corrected chi connectivity index (χ0v) is 17.8. The molecule has 6 nitrogen and oxygen atoms in total. The van der Waals surface area contributed by atoms with Gasteiger partial charge in [-0.15, -0.1) is 0 Å². The third kappa shape index (κ3) is 5.99. The number of benzene rings is 2. The van der Waals surface area contributed by atoms with E-state index in [1.807, 2.05) is 25.1 Å². The number of esters is 1. The van der Waals surface area contributed by atoms with Gasteiger partial charge in [0.05, 0.1) is 31.1 Å². The summed E-state index contributed by atoms with van der Waals surface area (Å²) in [5, 5.41) is 10.8. The monoisotopic (exact) mass is 426 g/mol. The molecule has 0 atom stereocenters. The number of morpholine rings is 1. The van der Waals surface area contributed by atoms with Crippen LogP contribution in [0.25, 0.3) is 5.76 Å². The topological polar surface area (TPSA) is 71.4 Å². The predicted molar refractivity (Wildman–Crippen MR) is 118 cm³/mol. The van der Waals surface area contributed by atoms with Crippen LogP contribution in [0.1, 0.15) is 23.6 Å². The maximum Gasteiger partial charge on any atom is 0.343 e. The van der Waals surface area contributed by atoms with E-state index in [-0.39, 0.29) is 17.7 Å². The zero-order valence-electron chi connectivity index (χ0n) is 17.8. The van der Waals surface area contributed by atoms with Gasteiger partial charge in [0.2, 0.25) is 0 Å². The minimum atomic E-state index is -0.768. The number of para-hydroxylation sites is 1. The summed E-state index contributed by atoms with van der Waals surface area (Å²) in [5.74, 6) is -1.90. The van der Waals surface area contributed by atoms with Crippen molar-refractivity contribution < 1.29 is 23.8 Å². The van der Waals surface area contributed by atoms with Crippen molar-refractivity contribution in [2.24, 2.45) is 4.99 Å². The molecule has 0 radical (unpaired) electrons. The van der Waals surface area contributed by atoms with Crippen LogP contribution in [-0.4, -0.2) is 55.1 Å². The number of rotatable bonds is 7. The van der Waals surface area contributed by atoms with E-state index in [2.05, 4.69) is 9.89 Å². The highest BCUT2D eigenvalue weighted by Gasteiger charge is 2.20. The van der Waals surface area contributed by atoms with E-state index in [1.165, 1.54) is 12.3 Å². The van der Waals surface area contributed by atoms with Gasteiger partial charge in [-0.05, 0) is 43.2 Å². The van der Waals surface area contributed by atoms with Crippen molar-refractivity contribution >= 4 is 23.6 Å². The van der Waals surface area contributed by atoms with Gasteiger partial charge in [-0.2, -0.15) is 0 Å².